The van der Waals surface area contributed by atoms with Gasteiger partial charge in [-0.3, -0.25) is 4.79 Å². The molecule has 1 saturated carbocycles. The number of anilines is 1. The second kappa shape index (κ2) is 15.0. The van der Waals surface area contributed by atoms with Crippen LogP contribution in [0.5, 0.6) is 5.75 Å². The van der Waals surface area contributed by atoms with E-state index < -0.39 is 0 Å². The summed E-state index contributed by atoms with van der Waals surface area (Å²) < 4.78 is 7.68. The van der Waals surface area contributed by atoms with E-state index in [1.807, 2.05) is 86.5 Å². The van der Waals surface area contributed by atoms with Crippen LogP contribution in [0.15, 0.2) is 66.9 Å². The molecule has 3 aromatic rings. The van der Waals surface area contributed by atoms with Crippen molar-refractivity contribution in [2.24, 2.45) is 0 Å². The van der Waals surface area contributed by atoms with Crippen molar-refractivity contribution in [3.63, 3.8) is 0 Å². The summed E-state index contributed by atoms with van der Waals surface area (Å²) in [5, 5.41) is 3.71. The molecule has 0 saturated heterocycles. The fraction of sp³-hybridized carbons (Fsp3) is 0.455. The summed E-state index contributed by atoms with van der Waals surface area (Å²) in [5.41, 5.74) is 2.76. The molecule has 1 aromatic heterocycles. The topological polar surface area (TPSA) is 66.8 Å². The Morgan fingerprint density at radius 2 is 1.76 bits per heavy atom. The van der Waals surface area contributed by atoms with E-state index in [1.54, 1.807) is 4.90 Å². The number of hydrogen-bond donors (Lipinski definition) is 1. The molecule has 2 aromatic carbocycles. The maximum absolute atomic E-state index is 14.1. The first-order valence-corrected chi connectivity index (χ1v) is 15.2. The Bertz CT molecular complexity index is 1270. The lowest BCUT2D eigenvalue weighted by atomic mass is 9.94. The molecule has 4 rings (SSSR count). The molecule has 1 unspecified atom stereocenters. The van der Waals surface area contributed by atoms with Gasteiger partial charge >= 0.3 is 6.03 Å². The number of benzene rings is 2. The Hall–Kier alpha value is -3.45. The second-order valence-electron chi connectivity index (χ2n) is 10.8. The molecule has 3 amide bonds. The van der Waals surface area contributed by atoms with Crippen molar-refractivity contribution >= 4 is 29.2 Å². The molecule has 8 heteroatoms. The lowest BCUT2D eigenvalue weighted by molar-refractivity contribution is -0.136. The van der Waals surface area contributed by atoms with Gasteiger partial charge in [-0.15, -0.1) is 0 Å². The molecule has 1 aliphatic carbocycles. The Labute approximate surface area is 249 Å². The summed E-state index contributed by atoms with van der Waals surface area (Å²) >= 11 is 6.45. The normalized spacial score (nSPS) is 14.3. The van der Waals surface area contributed by atoms with Crippen molar-refractivity contribution < 1.29 is 14.3 Å². The third-order valence-electron chi connectivity index (χ3n) is 8.00. The molecule has 1 N–H and O–H groups in total. The Morgan fingerprint density at radius 1 is 1.02 bits per heavy atom. The van der Waals surface area contributed by atoms with Gasteiger partial charge in [0.15, 0.2) is 0 Å². The van der Waals surface area contributed by atoms with Gasteiger partial charge in [0.05, 0.1) is 13.2 Å². The minimum Gasteiger partial charge on any atom is -0.494 e. The maximum atomic E-state index is 14.1. The van der Waals surface area contributed by atoms with E-state index in [4.69, 9.17) is 16.3 Å². The smallest absolute Gasteiger partial charge is 0.322 e. The minimum atomic E-state index is -0.275. The van der Waals surface area contributed by atoms with Gasteiger partial charge in [-0.05, 0) is 81.1 Å². The first kappa shape index (κ1) is 30.5. The average molecular weight is 579 g/mol. The number of carbonyl (C=O) groups excluding carboxylic acids is 2. The quantitative estimate of drug-likeness (QED) is 0.241. The molecule has 0 bridgehead atoms. The van der Waals surface area contributed by atoms with Gasteiger partial charge in [0.2, 0.25) is 5.91 Å². The van der Waals surface area contributed by atoms with Gasteiger partial charge in [-0.2, -0.15) is 0 Å². The summed E-state index contributed by atoms with van der Waals surface area (Å²) in [5.74, 6) is 0.728. The van der Waals surface area contributed by atoms with Crippen molar-refractivity contribution in [3.05, 3.63) is 83.1 Å². The molecule has 41 heavy (non-hydrogen) atoms. The third kappa shape index (κ3) is 8.29. The van der Waals surface area contributed by atoms with E-state index in [-0.39, 0.29) is 30.6 Å². The van der Waals surface area contributed by atoms with Crippen LogP contribution in [0.3, 0.4) is 0 Å². The standard InChI is InChI=1S/C33H43ClN4O3/c1-4-25(3)37(33(40)35-27-17-19-30(20-18-27)41-5-2)24-32(39)38(28-13-7-6-8-14-28)23-29-15-11-21-36(29)22-26-12-9-10-16-31(26)34/h9-12,15-21,25,28H,4-8,13-14,22-24H2,1-3H3,(H,35,40). The molecule has 1 aliphatic rings. The monoisotopic (exact) mass is 578 g/mol. The highest BCUT2D eigenvalue weighted by molar-refractivity contribution is 6.31. The molecular formula is C33H43ClN4O3. The fourth-order valence-corrected chi connectivity index (χ4v) is 5.62. The Balaban J connectivity index is 1.51. The van der Waals surface area contributed by atoms with Gasteiger partial charge in [0, 0.05) is 41.2 Å². The zero-order valence-electron chi connectivity index (χ0n) is 24.5. The van der Waals surface area contributed by atoms with E-state index in [0.29, 0.717) is 25.4 Å². The van der Waals surface area contributed by atoms with Gasteiger partial charge in [0.25, 0.3) is 0 Å². The van der Waals surface area contributed by atoms with Crippen molar-refractivity contribution in [1.82, 2.24) is 14.4 Å². The molecule has 1 heterocycles. The summed E-state index contributed by atoms with van der Waals surface area (Å²) in [6, 6.07) is 19.0. The van der Waals surface area contributed by atoms with Crippen LogP contribution in [0.25, 0.3) is 0 Å². The van der Waals surface area contributed by atoms with Crippen LogP contribution in [0.1, 0.15) is 70.6 Å². The van der Waals surface area contributed by atoms with E-state index in [0.717, 1.165) is 54.1 Å². The van der Waals surface area contributed by atoms with Crippen molar-refractivity contribution in [2.75, 3.05) is 18.5 Å². The number of nitrogens with one attached hydrogen (secondary N) is 1. The van der Waals surface area contributed by atoms with Crippen LogP contribution in [0.2, 0.25) is 5.02 Å². The Kier molecular flexibility index (Phi) is 11.1. The van der Waals surface area contributed by atoms with Crippen molar-refractivity contribution in [3.8, 4) is 5.75 Å². The molecule has 1 atom stereocenters. The largest absolute Gasteiger partial charge is 0.494 e. The first-order valence-electron chi connectivity index (χ1n) is 14.9. The number of hydrogen-bond acceptors (Lipinski definition) is 3. The lowest BCUT2D eigenvalue weighted by Crippen LogP contribution is -2.50. The summed E-state index contributed by atoms with van der Waals surface area (Å²) in [6.45, 7) is 7.70. The van der Waals surface area contributed by atoms with E-state index in [1.165, 1.54) is 6.42 Å². The molecule has 7 nitrogen and oxygen atoms in total. The van der Waals surface area contributed by atoms with Gasteiger partial charge in [-0.25, -0.2) is 4.79 Å². The van der Waals surface area contributed by atoms with Crippen LogP contribution in [-0.2, 0) is 17.9 Å². The number of aromatic nitrogens is 1. The van der Waals surface area contributed by atoms with Crippen LogP contribution in [0, 0.1) is 0 Å². The fourth-order valence-electron chi connectivity index (χ4n) is 5.43. The number of urea groups is 1. The van der Waals surface area contributed by atoms with Crippen molar-refractivity contribution in [2.45, 2.75) is 84.5 Å². The zero-order valence-corrected chi connectivity index (χ0v) is 25.3. The van der Waals surface area contributed by atoms with Gasteiger partial charge in [-0.1, -0.05) is 56.0 Å². The molecule has 1 fully saturated rings. The molecule has 220 valence electrons. The second-order valence-corrected chi connectivity index (χ2v) is 11.2. The van der Waals surface area contributed by atoms with Crippen LogP contribution in [0.4, 0.5) is 10.5 Å². The molecular weight excluding hydrogens is 536 g/mol. The van der Waals surface area contributed by atoms with Crippen molar-refractivity contribution in [1.29, 1.82) is 0 Å². The predicted molar refractivity (Wildman–Crippen MR) is 165 cm³/mol. The highest BCUT2D eigenvalue weighted by Gasteiger charge is 2.30. The number of nitrogens with zero attached hydrogens (tertiary/aromatic N) is 3. The van der Waals surface area contributed by atoms with Crippen LogP contribution in [-0.4, -0.2) is 51.5 Å². The summed E-state index contributed by atoms with van der Waals surface area (Å²) in [7, 11) is 0. The SMILES string of the molecule is CCOc1ccc(NC(=O)N(CC(=O)N(Cc2cccn2Cc2ccccc2Cl)C2CCCCC2)C(C)CC)cc1. The average Bonchev–Trinajstić information content (AvgIpc) is 3.43. The molecule has 0 spiro atoms. The van der Waals surface area contributed by atoms with E-state index >= 15 is 0 Å². The number of carbonyl (C=O) groups is 2. The first-order chi connectivity index (χ1) is 19.9. The van der Waals surface area contributed by atoms with Gasteiger partial charge < -0.3 is 24.4 Å². The number of ether oxygens (including phenoxy) is 1. The predicted octanol–water partition coefficient (Wildman–Crippen LogP) is 7.58. The number of halogens is 1. The molecule has 0 aliphatic heterocycles. The van der Waals surface area contributed by atoms with E-state index in [2.05, 4.69) is 16.0 Å². The highest BCUT2D eigenvalue weighted by atomic mass is 35.5. The zero-order chi connectivity index (χ0) is 29.2. The Morgan fingerprint density at radius 3 is 2.44 bits per heavy atom. The number of rotatable bonds is 12. The van der Waals surface area contributed by atoms with Crippen LogP contribution < -0.4 is 10.1 Å². The highest BCUT2D eigenvalue weighted by Crippen LogP contribution is 2.26. The minimum absolute atomic E-state index is 0.0236. The third-order valence-corrected chi connectivity index (χ3v) is 8.36. The van der Waals surface area contributed by atoms with Crippen LogP contribution >= 0.6 is 11.6 Å². The molecule has 0 radical (unpaired) electrons. The summed E-state index contributed by atoms with van der Waals surface area (Å²) in [6.07, 6.45) is 8.18. The lowest BCUT2D eigenvalue weighted by Gasteiger charge is -2.37. The van der Waals surface area contributed by atoms with E-state index in [9.17, 15) is 9.59 Å². The number of amides is 3. The van der Waals surface area contributed by atoms with Gasteiger partial charge in [0.1, 0.15) is 12.3 Å². The maximum Gasteiger partial charge on any atom is 0.322 e. The summed E-state index contributed by atoms with van der Waals surface area (Å²) in [4.78, 5) is 31.2.